The van der Waals surface area contributed by atoms with E-state index in [4.69, 9.17) is 16.3 Å². The van der Waals surface area contributed by atoms with Crippen molar-refractivity contribution in [2.45, 2.75) is 20.0 Å². The molecule has 8 nitrogen and oxygen atoms in total. The second kappa shape index (κ2) is 8.65. The Balaban J connectivity index is 1.75. The van der Waals surface area contributed by atoms with Crippen LogP contribution in [0.1, 0.15) is 23.9 Å². The van der Waals surface area contributed by atoms with Gasteiger partial charge in [-0.1, -0.05) is 24.6 Å². The number of nitrogens with zero attached hydrogens (tertiary/aromatic N) is 5. The van der Waals surface area contributed by atoms with Gasteiger partial charge in [0, 0.05) is 30.5 Å². The molecule has 0 amide bonds. The molecule has 1 N–H and O–H groups in total. The number of aryl methyl sites for hydroxylation is 2. The number of hydrogen-bond acceptors (Lipinski definition) is 7. The number of aromatic nitrogens is 5. The van der Waals surface area contributed by atoms with Gasteiger partial charge in [0.15, 0.2) is 0 Å². The molecule has 0 spiro atoms. The maximum absolute atomic E-state index is 12.3. The van der Waals surface area contributed by atoms with E-state index >= 15 is 0 Å². The maximum atomic E-state index is 12.3. The summed E-state index contributed by atoms with van der Waals surface area (Å²) in [5, 5.41) is 23.8. The largest absolute Gasteiger partial charge is 0.378 e. The van der Waals surface area contributed by atoms with Crippen LogP contribution in [0.3, 0.4) is 0 Å². The Kier molecular flexibility index (Phi) is 5.65. The normalized spacial score (nSPS) is 11.4. The number of thiophene rings is 1. The number of halogens is 1. The van der Waals surface area contributed by atoms with Crippen LogP contribution in [0.4, 0.5) is 0 Å². The molecule has 4 heterocycles. The van der Waals surface area contributed by atoms with E-state index in [0.717, 1.165) is 32.8 Å². The van der Waals surface area contributed by atoms with Gasteiger partial charge in [-0.15, -0.1) is 11.3 Å². The molecular weight excluding hydrogens is 472 g/mol. The van der Waals surface area contributed by atoms with Gasteiger partial charge in [-0.25, -0.2) is 10.1 Å². The number of ether oxygens (including phenoxy) is 1. The first kappa shape index (κ1) is 22.2. The van der Waals surface area contributed by atoms with Crippen molar-refractivity contribution in [1.82, 2.24) is 25.0 Å². The number of benzene rings is 1. The number of nitriles is 1. The molecule has 5 aromatic rings. The summed E-state index contributed by atoms with van der Waals surface area (Å²) in [6.07, 6.45) is 2.45. The fraction of sp³-hybridized carbons (Fsp3) is 0.208. The molecule has 0 aliphatic rings. The molecule has 170 valence electrons. The van der Waals surface area contributed by atoms with E-state index in [-0.39, 0.29) is 12.2 Å². The molecule has 4 aromatic heterocycles. The summed E-state index contributed by atoms with van der Waals surface area (Å²) in [6, 6.07) is 9.76. The predicted molar refractivity (Wildman–Crippen MR) is 133 cm³/mol. The number of hydrogen-bond donors (Lipinski definition) is 1. The number of rotatable bonds is 5. The molecule has 0 saturated heterocycles. The van der Waals surface area contributed by atoms with Gasteiger partial charge in [0.2, 0.25) is 0 Å². The van der Waals surface area contributed by atoms with Crippen LogP contribution in [0.5, 0.6) is 0 Å². The molecule has 0 radical (unpaired) electrons. The Morgan fingerprint density at radius 2 is 2.06 bits per heavy atom. The van der Waals surface area contributed by atoms with Crippen molar-refractivity contribution in [1.29, 1.82) is 5.26 Å². The van der Waals surface area contributed by atoms with Crippen molar-refractivity contribution in [3.8, 4) is 27.8 Å². The van der Waals surface area contributed by atoms with E-state index in [0.29, 0.717) is 38.3 Å². The van der Waals surface area contributed by atoms with Crippen LogP contribution < -0.4 is 5.56 Å². The highest BCUT2D eigenvalue weighted by Crippen LogP contribution is 2.43. The average Bonchev–Trinajstić information content (AvgIpc) is 3.38. The molecule has 0 fully saturated rings. The predicted octanol–water partition coefficient (Wildman–Crippen LogP) is 4.83. The summed E-state index contributed by atoms with van der Waals surface area (Å²) in [5.41, 5.74) is 4.22. The molecular formula is C24H19ClN6O2S. The van der Waals surface area contributed by atoms with Crippen molar-refractivity contribution in [2.24, 2.45) is 7.05 Å². The van der Waals surface area contributed by atoms with Gasteiger partial charge in [0.05, 0.1) is 50.7 Å². The van der Waals surface area contributed by atoms with Crippen molar-refractivity contribution in [3.05, 3.63) is 62.8 Å². The van der Waals surface area contributed by atoms with Crippen LogP contribution in [0.15, 0.2) is 35.3 Å². The van der Waals surface area contributed by atoms with Crippen LogP contribution in [0.25, 0.3) is 42.7 Å². The summed E-state index contributed by atoms with van der Waals surface area (Å²) < 4.78 is 6.95. The molecule has 0 atom stereocenters. The molecule has 10 heteroatoms. The van der Waals surface area contributed by atoms with Gasteiger partial charge in [-0.2, -0.15) is 15.5 Å². The zero-order valence-corrected chi connectivity index (χ0v) is 20.2. The lowest BCUT2D eigenvalue weighted by Gasteiger charge is -2.08. The van der Waals surface area contributed by atoms with Gasteiger partial charge in [-0.05, 0) is 30.2 Å². The summed E-state index contributed by atoms with van der Waals surface area (Å²) in [5.74, 6) is 0. The second-order valence-electron chi connectivity index (χ2n) is 7.76. The third-order valence-corrected chi connectivity index (χ3v) is 7.20. The third-order valence-electron chi connectivity index (χ3n) is 5.77. The third kappa shape index (κ3) is 3.47. The quantitative estimate of drug-likeness (QED) is 0.377. The average molecular weight is 491 g/mol. The Morgan fingerprint density at radius 3 is 2.79 bits per heavy atom. The highest BCUT2D eigenvalue weighted by molar-refractivity contribution is 7.22. The molecule has 0 aliphatic heterocycles. The van der Waals surface area contributed by atoms with Crippen molar-refractivity contribution in [2.75, 3.05) is 7.11 Å². The molecule has 34 heavy (non-hydrogen) atoms. The number of methoxy groups -OCH3 is 1. The molecule has 1 aromatic carbocycles. The van der Waals surface area contributed by atoms with E-state index in [1.54, 1.807) is 30.1 Å². The molecule has 0 unspecified atom stereocenters. The van der Waals surface area contributed by atoms with Crippen LogP contribution in [-0.4, -0.2) is 32.1 Å². The summed E-state index contributed by atoms with van der Waals surface area (Å²) in [4.78, 5) is 18.4. The smallest absolute Gasteiger partial charge is 0.272 e. The second-order valence-corrected chi connectivity index (χ2v) is 9.17. The lowest BCUT2D eigenvalue weighted by atomic mass is 9.99. The van der Waals surface area contributed by atoms with Gasteiger partial charge >= 0.3 is 0 Å². The SMILES string of the molecule is CCc1n[nH]c(=O)c2ccc(-c3cnn(C)c3-c3sc4nc(COC)c(Cl)cc4c3C#N)cc12. The number of H-pyrrole nitrogens is 1. The first-order valence-electron chi connectivity index (χ1n) is 10.5. The fourth-order valence-corrected chi connectivity index (χ4v) is 5.55. The topological polar surface area (TPSA) is 109 Å². The monoisotopic (exact) mass is 490 g/mol. The number of pyridine rings is 1. The van der Waals surface area contributed by atoms with Gasteiger partial charge < -0.3 is 4.74 Å². The fourth-order valence-electron chi connectivity index (χ4n) is 4.13. The number of aromatic amines is 1. The van der Waals surface area contributed by atoms with Crippen molar-refractivity contribution in [3.63, 3.8) is 0 Å². The molecule has 0 aliphatic carbocycles. The highest BCUT2D eigenvalue weighted by atomic mass is 35.5. The Bertz CT molecular complexity index is 1680. The van der Waals surface area contributed by atoms with E-state index in [2.05, 4.69) is 26.3 Å². The summed E-state index contributed by atoms with van der Waals surface area (Å²) in [7, 11) is 3.42. The zero-order chi connectivity index (χ0) is 24.0. The first-order chi connectivity index (χ1) is 16.5. The first-order valence-corrected chi connectivity index (χ1v) is 11.7. The molecule has 0 saturated carbocycles. The maximum Gasteiger partial charge on any atom is 0.272 e. The summed E-state index contributed by atoms with van der Waals surface area (Å²) in [6.45, 7) is 2.28. The Labute approximate surface area is 203 Å². The van der Waals surface area contributed by atoms with E-state index in [9.17, 15) is 10.1 Å². The van der Waals surface area contributed by atoms with Crippen molar-refractivity contribution >= 4 is 43.9 Å². The standard InChI is InChI=1S/C24H19ClN6O2S/c1-4-19-14-7-12(5-6-13(14)23(32)30-29-19)17-10-27-31(2)21(17)22-16(9-26)15-8-18(25)20(11-33-3)28-24(15)34-22/h5-8,10H,4,11H2,1-3H3,(H,30,32). The van der Waals surface area contributed by atoms with Gasteiger partial charge in [0.25, 0.3) is 5.56 Å². The molecule has 0 bridgehead atoms. The zero-order valence-electron chi connectivity index (χ0n) is 18.6. The van der Waals surface area contributed by atoms with Crippen LogP contribution in [-0.2, 0) is 24.8 Å². The van der Waals surface area contributed by atoms with Gasteiger partial charge in [-0.3, -0.25) is 9.48 Å². The van der Waals surface area contributed by atoms with E-state index < -0.39 is 0 Å². The minimum absolute atomic E-state index is 0.226. The highest BCUT2D eigenvalue weighted by Gasteiger charge is 2.23. The summed E-state index contributed by atoms with van der Waals surface area (Å²) >= 11 is 7.82. The van der Waals surface area contributed by atoms with E-state index in [1.165, 1.54) is 11.3 Å². The van der Waals surface area contributed by atoms with Crippen LogP contribution in [0.2, 0.25) is 5.02 Å². The molecule has 5 rings (SSSR count). The minimum Gasteiger partial charge on any atom is -0.378 e. The Morgan fingerprint density at radius 1 is 1.24 bits per heavy atom. The van der Waals surface area contributed by atoms with Crippen molar-refractivity contribution < 1.29 is 4.74 Å². The number of nitrogens with one attached hydrogen (secondary N) is 1. The van der Waals surface area contributed by atoms with E-state index in [1.807, 2.05) is 26.1 Å². The van der Waals surface area contributed by atoms with Crippen LogP contribution >= 0.6 is 22.9 Å². The lowest BCUT2D eigenvalue weighted by molar-refractivity contribution is 0.182. The number of fused-ring (bicyclic) bond motifs is 2. The van der Waals surface area contributed by atoms with Gasteiger partial charge in [0.1, 0.15) is 10.9 Å². The Hall–Kier alpha value is -3.58. The minimum atomic E-state index is -0.226. The van der Waals surface area contributed by atoms with Crippen LogP contribution in [0, 0.1) is 11.3 Å². The lowest BCUT2D eigenvalue weighted by Crippen LogP contribution is -2.10.